The lowest BCUT2D eigenvalue weighted by molar-refractivity contribution is 0.370. The van der Waals surface area contributed by atoms with E-state index in [9.17, 15) is 4.39 Å². The third-order valence-corrected chi connectivity index (χ3v) is 2.56. The number of hydrogen-bond acceptors (Lipinski definition) is 2. The highest BCUT2D eigenvalue weighted by molar-refractivity contribution is 5.18. The molecule has 1 rings (SSSR count). The maximum absolute atomic E-state index is 12.7. The van der Waals surface area contributed by atoms with Gasteiger partial charge in [0.25, 0.3) is 0 Å². The molecule has 15 heavy (non-hydrogen) atoms. The molecule has 1 aromatic carbocycles. The summed E-state index contributed by atoms with van der Waals surface area (Å²) in [7, 11) is 0. The van der Waals surface area contributed by atoms with E-state index >= 15 is 0 Å². The highest BCUT2D eigenvalue weighted by Crippen LogP contribution is 2.12. The van der Waals surface area contributed by atoms with Gasteiger partial charge in [-0.15, -0.1) is 0 Å². The molecule has 0 aliphatic rings. The molecule has 0 aromatic heterocycles. The van der Waals surface area contributed by atoms with Gasteiger partial charge in [-0.3, -0.25) is 0 Å². The van der Waals surface area contributed by atoms with Crippen LogP contribution in [0.25, 0.3) is 0 Å². The molecule has 0 heterocycles. The van der Waals surface area contributed by atoms with Crippen LogP contribution in [-0.2, 0) is 6.42 Å². The molecule has 0 amide bonds. The minimum atomic E-state index is -0.198. The van der Waals surface area contributed by atoms with Crippen LogP contribution in [0.1, 0.15) is 19.4 Å². The average molecular weight is 210 g/mol. The van der Waals surface area contributed by atoms with Crippen LogP contribution in [0.3, 0.4) is 0 Å². The van der Waals surface area contributed by atoms with Gasteiger partial charge >= 0.3 is 0 Å². The van der Waals surface area contributed by atoms with Gasteiger partial charge in [-0.25, -0.2) is 4.39 Å². The SMILES string of the molecule is CCNC(C)(CN)Cc1ccc(F)cc1. The molecule has 0 fully saturated rings. The van der Waals surface area contributed by atoms with Crippen LogP contribution < -0.4 is 11.1 Å². The van der Waals surface area contributed by atoms with E-state index in [-0.39, 0.29) is 11.4 Å². The van der Waals surface area contributed by atoms with Crippen LogP contribution in [0.15, 0.2) is 24.3 Å². The van der Waals surface area contributed by atoms with Crippen molar-refractivity contribution in [3.8, 4) is 0 Å². The molecule has 2 nitrogen and oxygen atoms in total. The molecular weight excluding hydrogens is 191 g/mol. The lowest BCUT2D eigenvalue weighted by Gasteiger charge is -2.29. The summed E-state index contributed by atoms with van der Waals surface area (Å²) < 4.78 is 12.7. The fourth-order valence-electron chi connectivity index (χ4n) is 1.69. The van der Waals surface area contributed by atoms with Crippen molar-refractivity contribution in [1.29, 1.82) is 0 Å². The first-order chi connectivity index (χ1) is 7.09. The Bertz CT molecular complexity index is 297. The summed E-state index contributed by atoms with van der Waals surface area (Å²) in [6.45, 7) is 5.59. The van der Waals surface area contributed by atoms with Crippen LogP contribution in [0.2, 0.25) is 0 Å². The molecule has 1 atom stereocenters. The van der Waals surface area contributed by atoms with Gasteiger partial charge in [-0.2, -0.15) is 0 Å². The van der Waals surface area contributed by atoms with Crippen molar-refractivity contribution in [3.05, 3.63) is 35.6 Å². The number of benzene rings is 1. The molecule has 3 heteroatoms. The predicted octanol–water partition coefficient (Wildman–Crippen LogP) is 1.70. The molecule has 84 valence electrons. The van der Waals surface area contributed by atoms with Crippen molar-refractivity contribution in [2.45, 2.75) is 25.8 Å². The van der Waals surface area contributed by atoms with Crippen LogP contribution in [0, 0.1) is 5.82 Å². The average Bonchev–Trinajstić information content (AvgIpc) is 2.22. The van der Waals surface area contributed by atoms with E-state index in [0.717, 1.165) is 18.5 Å². The van der Waals surface area contributed by atoms with Gasteiger partial charge in [0.1, 0.15) is 5.82 Å². The Labute approximate surface area is 90.7 Å². The lowest BCUT2D eigenvalue weighted by atomic mass is 9.93. The fraction of sp³-hybridized carbons (Fsp3) is 0.500. The first kappa shape index (κ1) is 12.1. The number of hydrogen-bond donors (Lipinski definition) is 2. The number of rotatable bonds is 5. The van der Waals surface area contributed by atoms with Gasteiger partial charge in [-0.05, 0) is 37.6 Å². The summed E-state index contributed by atoms with van der Waals surface area (Å²) in [5, 5.41) is 3.35. The van der Waals surface area contributed by atoms with Crippen LogP contribution in [0.5, 0.6) is 0 Å². The summed E-state index contributed by atoms with van der Waals surface area (Å²) in [6, 6.07) is 6.58. The third-order valence-electron chi connectivity index (χ3n) is 2.56. The molecule has 0 aliphatic heterocycles. The Hall–Kier alpha value is -0.930. The van der Waals surface area contributed by atoms with Crippen molar-refractivity contribution in [2.24, 2.45) is 5.73 Å². The van der Waals surface area contributed by atoms with Gasteiger partial charge in [0.15, 0.2) is 0 Å². The van der Waals surface area contributed by atoms with Crippen LogP contribution >= 0.6 is 0 Å². The number of nitrogens with two attached hydrogens (primary N) is 1. The largest absolute Gasteiger partial charge is 0.329 e. The zero-order valence-corrected chi connectivity index (χ0v) is 9.39. The van der Waals surface area contributed by atoms with Gasteiger partial charge in [-0.1, -0.05) is 19.1 Å². The van der Waals surface area contributed by atoms with E-state index in [1.54, 1.807) is 12.1 Å². The van der Waals surface area contributed by atoms with Gasteiger partial charge in [0.2, 0.25) is 0 Å². The monoisotopic (exact) mass is 210 g/mol. The molecule has 0 spiro atoms. The summed E-state index contributed by atoms with van der Waals surface area (Å²) in [5.74, 6) is -0.198. The van der Waals surface area contributed by atoms with Crippen molar-refractivity contribution in [3.63, 3.8) is 0 Å². The van der Waals surface area contributed by atoms with Crippen LogP contribution in [-0.4, -0.2) is 18.6 Å². The molecule has 0 radical (unpaired) electrons. The van der Waals surface area contributed by atoms with E-state index < -0.39 is 0 Å². The van der Waals surface area contributed by atoms with Crippen molar-refractivity contribution >= 4 is 0 Å². The van der Waals surface area contributed by atoms with E-state index in [2.05, 4.69) is 19.2 Å². The fourth-order valence-corrected chi connectivity index (χ4v) is 1.69. The second-order valence-corrected chi connectivity index (χ2v) is 4.10. The highest BCUT2D eigenvalue weighted by Gasteiger charge is 2.21. The van der Waals surface area contributed by atoms with E-state index in [4.69, 9.17) is 5.73 Å². The molecule has 1 unspecified atom stereocenters. The second-order valence-electron chi connectivity index (χ2n) is 4.10. The van der Waals surface area contributed by atoms with E-state index in [1.807, 2.05) is 0 Å². The molecule has 0 saturated carbocycles. The first-order valence-corrected chi connectivity index (χ1v) is 5.29. The lowest BCUT2D eigenvalue weighted by Crippen LogP contribution is -2.50. The summed E-state index contributed by atoms with van der Waals surface area (Å²) in [4.78, 5) is 0. The Morgan fingerprint density at radius 2 is 1.93 bits per heavy atom. The molecule has 0 aliphatic carbocycles. The quantitative estimate of drug-likeness (QED) is 0.776. The summed E-state index contributed by atoms with van der Waals surface area (Å²) >= 11 is 0. The zero-order valence-electron chi connectivity index (χ0n) is 9.39. The maximum atomic E-state index is 12.7. The normalized spacial score (nSPS) is 14.9. The Morgan fingerprint density at radius 3 is 2.40 bits per heavy atom. The molecule has 0 saturated heterocycles. The number of halogens is 1. The molecular formula is C12H19FN2. The third kappa shape index (κ3) is 3.61. The molecule has 0 bridgehead atoms. The minimum Gasteiger partial charge on any atom is -0.329 e. The van der Waals surface area contributed by atoms with E-state index in [0.29, 0.717) is 6.54 Å². The van der Waals surface area contributed by atoms with Crippen molar-refractivity contribution in [1.82, 2.24) is 5.32 Å². The maximum Gasteiger partial charge on any atom is 0.123 e. The summed E-state index contributed by atoms with van der Waals surface area (Å²) in [5.41, 5.74) is 6.73. The Morgan fingerprint density at radius 1 is 1.33 bits per heavy atom. The second kappa shape index (κ2) is 5.24. The number of likely N-dealkylation sites (N-methyl/N-ethyl adjacent to an activating group) is 1. The predicted molar refractivity (Wildman–Crippen MR) is 61.2 cm³/mol. The highest BCUT2D eigenvalue weighted by atomic mass is 19.1. The molecule has 3 N–H and O–H groups in total. The van der Waals surface area contributed by atoms with Crippen molar-refractivity contribution in [2.75, 3.05) is 13.1 Å². The van der Waals surface area contributed by atoms with Gasteiger partial charge in [0, 0.05) is 12.1 Å². The Balaban J connectivity index is 2.70. The topological polar surface area (TPSA) is 38.0 Å². The standard InChI is InChI=1S/C12H19FN2/c1-3-15-12(2,9-14)8-10-4-6-11(13)7-5-10/h4-7,15H,3,8-9,14H2,1-2H3. The minimum absolute atomic E-state index is 0.105. The first-order valence-electron chi connectivity index (χ1n) is 5.29. The number of nitrogens with one attached hydrogen (secondary N) is 1. The summed E-state index contributed by atoms with van der Waals surface area (Å²) in [6.07, 6.45) is 0.817. The van der Waals surface area contributed by atoms with Crippen LogP contribution in [0.4, 0.5) is 4.39 Å². The van der Waals surface area contributed by atoms with Crippen molar-refractivity contribution < 1.29 is 4.39 Å². The Kier molecular flexibility index (Phi) is 4.24. The smallest absolute Gasteiger partial charge is 0.123 e. The van der Waals surface area contributed by atoms with Gasteiger partial charge < -0.3 is 11.1 Å². The molecule has 1 aromatic rings. The van der Waals surface area contributed by atoms with E-state index in [1.165, 1.54) is 12.1 Å². The zero-order chi connectivity index (χ0) is 11.3. The van der Waals surface area contributed by atoms with Gasteiger partial charge in [0.05, 0.1) is 0 Å².